The average molecular weight is 232 g/mol. The minimum absolute atomic E-state index is 0.230. The zero-order valence-corrected chi connectivity index (χ0v) is 9.97. The second-order valence-corrected chi connectivity index (χ2v) is 4.21. The number of rotatable bonds is 3. The molecule has 0 fully saturated rings. The highest BCUT2D eigenvalue weighted by molar-refractivity contribution is 5.92. The summed E-state index contributed by atoms with van der Waals surface area (Å²) in [6.07, 6.45) is 0.174. The van der Waals surface area contributed by atoms with Crippen LogP contribution in [-0.2, 0) is 6.42 Å². The van der Waals surface area contributed by atoms with Crippen molar-refractivity contribution in [1.29, 1.82) is 0 Å². The van der Waals surface area contributed by atoms with Crippen molar-refractivity contribution in [3.05, 3.63) is 35.9 Å². The predicted molar refractivity (Wildman–Crippen MR) is 67.5 cm³/mol. The molecule has 0 bridgehead atoms. The monoisotopic (exact) mass is 232 g/mol. The third-order valence-corrected chi connectivity index (χ3v) is 2.81. The van der Waals surface area contributed by atoms with Gasteiger partial charge in [0.25, 0.3) is 0 Å². The number of phenols is 1. The molecule has 90 valence electrons. The number of hydrogen-bond donors (Lipinski definition) is 2. The largest absolute Gasteiger partial charge is 0.507 e. The molecular formula is C14H16O3. The molecule has 0 saturated heterocycles. The summed E-state index contributed by atoms with van der Waals surface area (Å²) in [5, 5.41) is 21.0. The van der Waals surface area contributed by atoms with Crippen molar-refractivity contribution in [3.63, 3.8) is 0 Å². The van der Waals surface area contributed by atoms with Crippen molar-refractivity contribution in [2.75, 3.05) is 7.11 Å². The van der Waals surface area contributed by atoms with Crippen molar-refractivity contribution in [2.24, 2.45) is 0 Å². The van der Waals surface area contributed by atoms with E-state index in [9.17, 15) is 10.2 Å². The molecule has 3 nitrogen and oxygen atoms in total. The molecule has 2 N–H and O–H groups in total. The molecule has 0 saturated carbocycles. The van der Waals surface area contributed by atoms with Gasteiger partial charge in [-0.25, -0.2) is 0 Å². The van der Waals surface area contributed by atoms with E-state index in [0.717, 1.165) is 16.3 Å². The summed E-state index contributed by atoms with van der Waals surface area (Å²) in [6.45, 7) is 1.75. The standard InChI is InChI=1S/C14H16O3/c1-9(15)7-10-3-6-14(16)13-8-11(17-2)4-5-12(10)13/h3-6,8-9,15-16H,7H2,1-2H3. The van der Waals surface area contributed by atoms with Crippen LogP contribution in [0.3, 0.4) is 0 Å². The van der Waals surface area contributed by atoms with E-state index in [4.69, 9.17) is 4.74 Å². The van der Waals surface area contributed by atoms with Crippen LogP contribution in [-0.4, -0.2) is 23.4 Å². The minimum atomic E-state index is -0.398. The first-order chi connectivity index (χ1) is 8.11. The SMILES string of the molecule is COc1ccc2c(CC(C)O)ccc(O)c2c1. The molecule has 0 aliphatic heterocycles. The van der Waals surface area contributed by atoms with Gasteiger partial charge in [-0.2, -0.15) is 0 Å². The smallest absolute Gasteiger partial charge is 0.123 e. The van der Waals surface area contributed by atoms with E-state index in [-0.39, 0.29) is 5.75 Å². The summed E-state index contributed by atoms with van der Waals surface area (Å²) in [6, 6.07) is 9.06. The molecule has 17 heavy (non-hydrogen) atoms. The summed E-state index contributed by atoms with van der Waals surface area (Å²) in [7, 11) is 1.60. The number of aliphatic hydroxyl groups is 1. The number of phenolic OH excluding ortho intramolecular Hbond substituents is 1. The topological polar surface area (TPSA) is 49.7 Å². The molecule has 2 aromatic rings. The third-order valence-electron chi connectivity index (χ3n) is 2.81. The van der Waals surface area contributed by atoms with Crippen molar-refractivity contribution < 1.29 is 14.9 Å². The summed E-state index contributed by atoms with van der Waals surface area (Å²) in [5.74, 6) is 0.940. The quantitative estimate of drug-likeness (QED) is 0.854. The van der Waals surface area contributed by atoms with Crippen LogP contribution in [0, 0.1) is 0 Å². The molecule has 2 aromatic carbocycles. The lowest BCUT2D eigenvalue weighted by molar-refractivity contribution is 0.196. The van der Waals surface area contributed by atoms with Gasteiger partial charge in [0.2, 0.25) is 0 Å². The summed E-state index contributed by atoms with van der Waals surface area (Å²) >= 11 is 0. The Kier molecular flexibility index (Phi) is 3.20. The van der Waals surface area contributed by atoms with Crippen LogP contribution in [0.2, 0.25) is 0 Å². The second kappa shape index (κ2) is 4.63. The number of aliphatic hydroxyl groups excluding tert-OH is 1. The zero-order valence-electron chi connectivity index (χ0n) is 9.97. The van der Waals surface area contributed by atoms with E-state index in [2.05, 4.69) is 0 Å². The van der Waals surface area contributed by atoms with Gasteiger partial charge < -0.3 is 14.9 Å². The zero-order chi connectivity index (χ0) is 12.4. The number of fused-ring (bicyclic) bond motifs is 1. The number of methoxy groups -OCH3 is 1. The molecular weight excluding hydrogens is 216 g/mol. The summed E-state index contributed by atoms with van der Waals surface area (Å²) in [5.41, 5.74) is 1.02. The fourth-order valence-electron chi connectivity index (χ4n) is 2.00. The Morgan fingerprint density at radius 1 is 1.18 bits per heavy atom. The molecule has 1 atom stereocenters. The molecule has 0 heterocycles. The van der Waals surface area contributed by atoms with Gasteiger partial charge in [0.05, 0.1) is 13.2 Å². The number of benzene rings is 2. The van der Waals surface area contributed by atoms with E-state index in [1.165, 1.54) is 0 Å². The highest BCUT2D eigenvalue weighted by atomic mass is 16.5. The van der Waals surface area contributed by atoms with Crippen LogP contribution in [0.5, 0.6) is 11.5 Å². The highest BCUT2D eigenvalue weighted by Crippen LogP contribution is 2.31. The third kappa shape index (κ3) is 2.34. The first-order valence-electron chi connectivity index (χ1n) is 5.58. The van der Waals surface area contributed by atoms with Gasteiger partial charge in [-0.1, -0.05) is 12.1 Å². The normalized spacial score (nSPS) is 12.6. The molecule has 0 radical (unpaired) electrons. The van der Waals surface area contributed by atoms with Crippen LogP contribution in [0.15, 0.2) is 30.3 Å². The van der Waals surface area contributed by atoms with Gasteiger partial charge in [0, 0.05) is 5.39 Å². The van der Waals surface area contributed by atoms with Crippen LogP contribution < -0.4 is 4.74 Å². The Morgan fingerprint density at radius 3 is 2.59 bits per heavy atom. The van der Waals surface area contributed by atoms with Crippen LogP contribution in [0.25, 0.3) is 10.8 Å². The summed E-state index contributed by atoms with van der Waals surface area (Å²) in [4.78, 5) is 0. The fourth-order valence-corrected chi connectivity index (χ4v) is 2.00. The second-order valence-electron chi connectivity index (χ2n) is 4.21. The van der Waals surface area contributed by atoms with Crippen molar-refractivity contribution in [2.45, 2.75) is 19.4 Å². The Labute approximate surface area is 100 Å². The van der Waals surface area contributed by atoms with E-state index in [1.807, 2.05) is 18.2 Å². The highest BCUT2D eigenvalue weighted by Gasteiger charge is 2.08. The van der Waals surface area contributed by atoms with Crippen molar-refractivity contribution in [1.82, 2.24) is 0 Å². The van der Waals surface area contributed by atoms with Gasteiger partial charge in [-0.3, -0.25) is 0 Å². The Balaban J connectivity index is 2.61. The van der Waals surface area contributed by atoms with Crippen molar-refractivity contribution >= 4 is 10.8 Å². The maximum Gasteiger partial charge on any atom is 0.123 e. The molecule has 2 rings (SSSR count). The van der Waals surface area contributed by atoms with Gasteiger partial charge in [-0.05, 0) is 42.5 Å². The summed E-state index contributed by atoms with van der Waals surface area (Å²) < 4.78 is 5.14. The molecule has 3 heteroatoms. The number of ether oxygens (including phenoxy) is 1. The van der Waals surface area contributed by atoms with E-state index >= 15 is 0 Å². The van der Waals surface area contributed by atoms with Gasteiger partial charge in [0.15, 0.2) is 0 Å². The van der Waals surface area contributed by atoms with Gasteiger partial charge in [0.1, 0.15) is 11.5 Å². The van der Waals surface area contributed by atoms with E-state index in [1.54, 1.807) is 26.2 Å². The van der Waals surface area contributed by atoms with Crippen LogP contribution >= 0.6 is 0 Å². The number of hydrogen-bond acceptors (Lipinski definition) is 3. The van der Waals surface area contributed by atoms with Gasteiger partial charge >= 0.3 is 0 Å². The molecule has 1 unspecified atom stereocenters. The first-order valence-corrected chi connectivity index (χ1v) is 5.58. The first kappa shape index (κ1) is 11.7. The van der Waals surface area contributed by atoms with Crippen LogP contribution in [0.1, 0.15) is 12.5 Å². The van der Waals surface area contributed by atoms with E-state index < -0.39 is 6.10 Å². The maximum atomic E-state index is 9.83. The lowest BCUT2D eigenvalue weighted by atomic mass is 9.99. The lowest BCUT2D eigenvalue weighted by Gasteiger charge is -2.11. The number of aromatic hydroxyl groups is 1. The lowest BCUT2D eigenvalue weighted by Crippen LogP contribution is -2.04. The Morgan fingerprint density at radius 2 is 1.94 bits per heavy atom. The Hall–Kier alpha value is -1.74. The van der Waals surface area contributed by atoms with Crippen molar-refractivity contribution in [3.8, 4) is 11.5 Å². The fraction of sp³-hybridized carbons (Fsp3) is 0.286. The minimum Gasteiger partial charge on any atom is -0.507 e. The molecule has 0 aromatic heterocycles. The van der Waals surface area contributed by atoms with Gasteiger partial charge in [-0.15, -0.1) is 0 Å². The van der Waals surface area contributed by atoms with E-state index in [0.29, 0.717) is 12.2 Å². The maximum absolute atomic E-state index is 9.83. The molecule has 0 aliphatic carbocycles. The Bertz CT molecular complexity index is 532. The predicted octanol–water partition coefficient (Wildman–Crippen LogP) is 2.48. The van der Waals surface area contributed by atoms with Crippen LogP contribution in [0.4, 0.5) is 0 Å². The molecule has 0 amide bonds. The average Bonchev–Trinajstić information content (AvgIpc) is 2.32. The molecule has 0 spiro atoms. The molecule has 0 aliphatic rings.